The molecule has 0 unspecified atom stereocenters. The summed E-state index contributed by atoms with van der Waals surface area (Å²) >= 11 is 0. The first-order chi connectivity index (χ1) is 20.0. The number of nitrogens with one attached hydrogen (secondary N) is 3. The quantitative estimate of drug-likeness (QED) is 0.112. The number of benzene rings is 3. The Balaban J connectivity index is 1.57. The highest BCUT2D eigenvalue weighted by atomic mass is 16.3. The van der Waals surface area contributed by atoms with Gasteiger partial charge in [0.05, 0.1) is 0 Å². The van der Waals surface area contributed by atoms with Crippen LogP contribution in [0.25, 0.3) is 6.08 Å². The van der Waals surface area contributed by atoms with Gasteiger partial charge in [0, 0.05) is 25.6 Å². The number of phenolic OH excluding ortho intramolecular Hbond substituents is 5. The average molecular weight is 578 g/mol. The first-order valence-corrected chi connectivity index (χ1v) is 13.4. The van der Waals surface area contributed by atoms with E-state index in [1.807, 2.05) is 6.07 Å². The molecule has 0 aliphatic heterocycles. The van der Waals surface area contributed by atoms with Crippen LogP contribution < -0.4 is 16.0 Å². The minimum absolute atomic E-state index is 0.0234. The van der Waals surface area contributed by atoms with Gasteiger partial charge in [0.1, 0.15) is 11.8 Å². The third kappa shape index (κ3) is 9.77. The Morgan fingerprint density at radius 3 is 1.98 bits per heavy atom. The molecule has 0 aliphatic carbocycles. The van der Waals surface area contributed by atoms with Crippen molar-refractivity contribution in [1.29, 1.82) is 0 Å². The summed E-state index contributed by atoms with van der Waals surface area (Å²) in [6.45, 7) is 2.31. The Bertz CT molecular complexity index is 1450. The van der Waals surface area contributed by atoms with Crippen LogP contribution in [0.3, 0.4) is 0 Å². The number of aromatic hydroxyl groups is 5. The molecule has 0 fully saturated rings. The molecule has 11 nitrogen and oxygen atoms in total. The molecule has 0 heterocycles. The molecule has 3 rings (SSSR count). The lowest BCUT2D eigenvalue weighted by molar-refractivity contribution is -0.128. The van der Waals surface area contributed by atoms with E-state index in [2.05, 4.69) is 16.0 Å². The predicted octanol–water partition coefficient (Wildman–Crippen LogP) is 2.52. The fourth-order valence-corrected chi connectivity index (χ4v) is 4.07. The van der Waals surface area contributed by atoms with E-state index in [0.29, 0.717) is 29.5 Å². The van der Waals surface area contributed by atoms with Crippen molar-refractivity contribution in [3.05, 3.63) is 82.9 Å². The lowest BCUT2D eigenvalue weighted by Gasteiger charge is -2.18. The normalized spacial score (nSPS) is 11.6. The molecule has 3 amide bonds. The summed E-state index contributed by atoms with van der Waals surface area (Å²) in [6.07, 6.45) is 3.46. The van der Waals surface area contributed by atoms with Gasteiger partial charge in [0.2, 0.25) is 17.7 Å². The Morgan fingerprint density at radius 2 is 1.33 bits per heavy atom. The van der Waals surface area contributed by atoms with Crippen molar-refractivity contribution in [2.45, 2.75) is 38.6 Å². The van der Waals surface area contributed by atoms with Gasteiger partial charge in [0.25, 0.3) is 0 Å². The minimum atomic E-state index is -1.02. The van der Waals surface area contributed by atoms with Gasteiger partial charge in [-0.1, -0.05) is 24.3 Å². The van der Waals surface area contributed by atoms with Crippen LogP contribution >= 0.6 is 0 Å². The van der Waals surface area contributed by atoms with Crippen molar-refractivity contribution in [2.24, 2.45) is 0 Å². The lowest BCUT2D eigenvalue weighted by atomic mass is 10.1. The summed E-state index contributed by atoms with van der Waals surface area (Å²) in [4.78, 5) is 38.1. The Kier molecular flexibility index (Phi) is 11.2. The summed E-state index contributed by atoms with van der Waals surface area (Å²) in [6, 6.07) is 12.6. The van der Waals surface area contributed by atoms with E-state index in [9.17, 15) is 39.9 Å². The molecule has 11 heteroatoms. The molecule has 8 N–H and O–H groups in total. The van der Waals surface area contributed by atoms with E-state index in [4.69, 9.17) is 0 Å². The van der Waals surface area contributed by atoms with Crippen molar-refractivity contribution in [1.82, 2.24) is 16.0 Å². The molecule has 0 aliphatic rings. The van der Waals surface area contributed by atoms with E-state index in [1.54, 1.807) is 25.1 Å². The number of rotatable bonds is 13. The van der Waals surface area contributed by atoms with Crippen LogP contribution in [0.4, 0.5) is 0 Å². The largest absolute Gasteiger partial charge is 0.508 e. The molecule has 0 spiro atoms. The highest BCUT2D eigenvalue weighted by Crippen LogP contribution is 2.26. The maximum Gasteiger partial charge on any atom is 0.244 e. The first-order valence-electron chi connectivity index (χ1n) is 13.4. The average Bonchev–Trinajstić information content (AvgIpc) is 2.95. The smallest absolute Gasteiger partial charge is 0.244 e. The molecule has 0 saturated carbocycles. The minimum Gasteiger partial charge on any atom is -0.508 e. The van der Waals surface area contributed by atoms with E-state index >= 15 is 0 Å². The number of amides is 3. The van der Waals surface area contributed by atoms with Gasteiger partial charge in [-0.3, -0.25) is 14.4 Å². The van der Waals surface area contributed by atoms with Crippen LogP contribution in [0.15, 0.2) is 60.7 Å². The second-order valence-corrected chi connectivity index (χ2v) is 9.77. The Morgan fingerprint density at radius 1 is 0.738 bits per heavy atom. The van der Waals surface area contributed by atoms with E-state index in [-0.39, 0.29) is 60.6 Å². The number of hydrogen-bond acceptors (Lipinski definition) is 8. The van der Waals surface area contributed by atoms with Gasteiger partial charge in [-0.05, 0) is 84.8 Å². The molecular formula is C31H35N3O8. The summed E-state index contributed by atoms with van der Waals surface area (Å²) in [5, 5.41) is 55.9. The number of carbonyl (C=O) groups is 3. The second kappa shape index (κ2) is 15.0. The first kappa shape index (κ1) is 31.3. The van der Waals surface area contributed by atoms with Crippen molar-refractivity contribution in [3.8, 4) is 28.7 Å². The zero-order valence-corrected chi connectivity index (χ0v) is 23.1. The van der Waals surface area contributed by atoms with E-state index in [1.165, 1.54) is 42.5 Å². The fraction of sp³-hybridized carbons (Fsp3) is 0.258. The molecule has 3 aromatic carbocycles. The van der Waals surface area contributed by atoms with Gasteiger partial charge in [-0.25, -0.2) is 0 Å². The zero-order valence-electron chi connectivity index (χ0n) is 23.1. The number of carbonyl (C=O) groups excluding carboxylic acids is 3. The summed E-state index contributed by atoms with van der Waals surface area (Å²) in [5.74, 6) is -2.34. The highest BCUT2D eigenvalue weighted by molar-refractivity contribution is 5.95. The summed E-state index contributed by atoms with van der Waals surface area (Å²) in [5.41, 5.74) is 2.79. The molecule has 1 atom stereocenters. The summed E-state index contributed by atoms with van der Waals surface area (Å²) in [7, 11) is 0. The van der Waals surface area contributed by atoms with E-state index < -0.39 is 17.9 Å². The molecular weight excluding hydrogens is 542 g/mol. The lowest BCUT2D eigenvalue weighted by Crippen LogP contribution is -2.47. The van der Waals surface area contributed by atoms with Crippen LogP contribution in [-0.4, -0.2) is 62.4 Å². The molecule has 0 bridgehead atoms. The SMILES string of the molecule is Cc1cc(CCNC(=O)[C@H](CCC(=O)NCCc2ccc(O)c(O)c2)NC(=O)/C=C/c2ccc(O)c(O)c2)ccc1O. The maximum atomic E-state index is 13.0. The van der Waals surface area contributed by atoms with Crippen molar-refractivity contribution < 1.29 is 39.9 Å². The van der Waals surface area contributed by atoms with Gasteiger partial charge >= 0.3 is 0 Å². The Hall–Kier alpha value is -5.19. The van der Waals surface area contributed by atoms with Crippen LogP contribution in [0.2, 0.25) is 0 Å². The van der Waals surface area contributed by atoms with Gasteiger partial charge in [0.15, 0.2) is 23.0 Å². The molecule has 0 saturated heterocycles. The molecule has 0 radical (unpaired) electrons. The zero-order chi connectivity index (χ0) is 30.6. The van der Waals surface area contributed by atoms with Gasteiger partial charge in [-0.2, -0.15) is 0 Å². The molecule has 222 valence electrons. The molecule has 3 aromatic rings. The number of hydrogen-bond donors (Lipinski definition) is 8. The number of phenols is 5. The fourth-order valence-electron chi connectivity index (χ4n) is 4.07. The van der Waals surface area contributed by atoms with Crippen LogP contribution in [0.1, 0.15) is 35.1 Å². The topological polar surface area (TPSA) is 188 Å². The third-order valence-electron chi connectivity index (χ3n) is 6.47. The molecule has 0 aromatic heterocycles. The van der Waals surface area contributed by atoms with Crippen molar-refractivity contribution >= 4 is 23.8 Å². The van der Waals surface area contributed by atoms with Crippen molar-refractivity contribution in [2.75, 3.05) is 13.1 Å². The van der Waals surface area contributed by atoms with E-state index in [0.717, 1.165) is 5.56 Å². The third-order valence-corrected chi connectivity index (χ3v) is 6.47. The predicted molar refractivity (Wildman–Crippen MR) is 156 cm³/mol. The van der Waals surface area contributed by atoms with Gasteiger partial charge in [-0.15, -0.1) is 0 Å². The standard InChI is InChI=1S/C31H35N3O8/c1-19-16-21(2-7-24(19)35)13-15-33-31(42)23(34-30(41)10-5-20-3-8-25(36)27(38)17-20)6-11-29(40)32-14-12-22-4-9-26(37)28(39)18-22/h2-5,7-10,16-18,23,35-39H,6,11-15H2,1H3,(H,32,40)(H,33,42)(H,34,41)/b10-5+/t23-/m0/s1. The monoisotopic (exact) mass is 577 g/mol. The summed E-state index contributed by atoms with van der Waals surface area (Å²) < 4.78 is 0. The van der Waals surface area contributed by atoms with Crippen LogP contribution in [0.5, 0.6) is 28.7 Å². The molecule has 42 heavy (non-hydrogen) atoms. The van der Waals surface area contributed by atoms with Gasteiger partial charge < -0.3 is 41.5 Å². The maximum absolute atomic E-state index is 13.0. The Labute approximate surface area is 243 Å². The van der Waals surface area contributed by atoms with Crippen molar-refractivity contribution in [3.63, 3.8) is 0 Å². The second-order valence-electron chi connectivity index (χ2n) is 9.77. The number of aryl methyl sites for hydroxylation is 1. The highest BCUT2D eigenvalue weighted by Gasteiger charge is 2.21. The van der Waals surface area contributed by atoms with Crippen LogP contribution in [0, 0.1) is 6.92 Å². The van der Waals surface area contributed by atoms with Crippen LogP contribution in [-0.2, 0) is 27.2 Å².